The number of amides is 3. The number of hydrogen-bond acceptors (Lipinski definition) is 6. The predicted octanol–water partition coefficient (Wildman–Crippen LogP) is 4.43. The van der Waals surface area contributed by atoms with Gasteiger partial charge in [0.15, 0.2) is 0 Å². The number of benzene rings is 3. The van der Waals surface area contributed by atoms with Gasteiger partial charge in [0.1, 0.15) is 11.8 Å². The van der Waals surface area contributed by atoms with Gasteiger partial charge in [0.25, 0.3) is 17.7 Å². The number of carbonyl (C=O) groups is 4. The number of aromatic hydroxyl groups is 1. The molecule has 3 aromatic rings. The Labute approximate surface area is 236 Å². The molecule has 1 fully saturated rings. The van der Waals surface area contributed by atoms with Crippen LogP contribution in [0.2, 0.25) is 5.02 Å². The first kappa shape index (κ1) is 28.8. The Kier molecular flexibility index (Phi) is 8.86. The van der Waals surface area contributed by atoms with Crippen molar-refractivity contribution in [3.05, 3.63) is 100 Å². The van der Waals surface area contributed by atoms with Gasteiger partial charge in [-0.1, -0.05) is 66.9 Å². The van der Waals surface area contributed by atoms with Crippen LogP contribution in [0.5, 0.6) is 5.75 Å². The van der Waals surface area contributed by atoms with Gasteiger partial charge in [-0.15, -0.1) is 0 Å². The molecule has 1 saturated carbocycles. The lowest BCUT2D eigenvalue weighted by Crippen LogP contribution is -2.58. The van der Waals surface area contributed by atoms with Crippen molar-refractivity contribution in [1.82, 2.24) is 15.8 Å². The number of aliphatic carboxylic acids is 1. The molecule has 10 heteroatoms. The van der Waals surface area contributed by atoms with Gasteiger partial charge < -0.3 is 15.5 Å². The molecule has 0 radical (unpaired) electrons. The second-order valence-electron chi connectivity index (χ2n) is 9.84. The SMILES string of the molecule is C[C@H](NN(C(=O)c1ccc(C(=O)NCc2cccc(O)c2)cc1Cl)C(=O)C1(c2ccccc2)CCCC1)C(=O)O. The third kappa shape index (κ3) is 6.16. The van der Waals surface area contributed by atoms with Crippen molar-refractivity contribution in [2.24, 2.45) is 0 Å². The first-order valence-electron chi connectivity index (χ1n) is 12.9. The number of imide groups is 1. The molecule has 0 saturated heterocycles. The summed E-state index contributed by atoms with van der Waals surface area (Å²) in [6, 6.07) is 18.4. The average molecular weight is 564 g/mol. The number of rotatable bonds is 9. The second kappa shape index (κ2) is 12.3. The first-order valence-corrected chi connectivity index (χ1v) is 13.3. The number of phenols is 1. The molecule has 3 aromatic carbocycles. The Morgan fingerprint density at radius 1 is 0.975 bits per heavy atom. The van der Waals surface area contributed by atoms with E-state index >= 15 is 0 Å². The highest BCUT2D eigenvalue weighted by Gasteiger charge is 2.47. The van der Waals surface area contributed by atoms with Crippen LogP contribution in [0.1, 0.15) is 64.4 Å². The largest absolute Gasteiger partial charge is 0.508 e. The molecule has 4 rings (SSSR count). The molecule has 0 aliphatic heterocycles. The van der Waals surface area contributed by atoms with E-state index in [9.17, 15) is 29.4 Å². The summed E-state index contributed by atoms with van der Waals surface area (Å²) >= 11 is 6.45. The lowest BCUT2D eigenvalue weighted by atomic mass is 9.77. The van der Waals surface area contributed by atoms with Gasteiger partial charge in [-0.05, 0) is 61.2 Å². The van der Waals surface area contributed by atoms with Crippen LogP contribution in [-0.4, -0.2) is 45.0 Å². The third-order valence-corrected chi connectivity index (χ3v) is 7.43. The fourth-order valence-corrected chi connectivity index (χ4v) is 5.20. The van der Waals surface area contributed by atoms with Crippen LogP contribution < -0.4 is 10.7 Å². The van der Waals surface area contributed by atoms with Crippen molar-refractivity contribution in [3.8, 4) is 5.75 Å². The molecule has 1 aliphatic rings. The molecular formula is C30H30ClN3O6. The van der Waals surface area contributed by atoms with Crippen molar-refractivity contribution in [3.63, 3.8) is 0 Å². The summed E-state index contributed by atoms with van der Waals surface area (Å²) in [5.74, 6) is -3.00. The van der Waals surface area contributed by atoms with Crippen molar-refractivity contribution in [2.75, 3.05) is 0 Å². The van der Waals surface area contributed by atoms with Gasteiger partial charge in [0.2, 0.25) is 0 Å². The van der Waals surface area contributed by atoms with E-state index in [2.05, 4.69) is 10.7 Å². The van der Waals surface area contributed by atoms with E-state index in [1.165, 1.54) is 37.3 Å². The normalized spacial score (nSPS) is 14.8. The van der Waals surface area contributed by atoms with Gasteiger partial charge in [-0.3, -0.25) is 19.2 Å². The number of carboxylic acid groups (broad SMARTS) is 1. The minimum absolute atomic E-state index is 0.0640. The maximum Gasteiger partial charge on any atom is 0.322 e. The summed E-state index contributed by atoms with van der Waals surface area (Å²) in [6.07, 6.45) is 2.58. The minimum Gasteiger partial charge on any atom is -0.508 e. The molecule has 0 aromatic heterocycles. The lowest BCUT2D eigenvalue weighted by molar-refractivity contribution is -0.144. The van der Waals surface area contributed by atoms with Crippen LogP contribution in [0, 0.1) is 0 Å². The summed E-state index contributed by atoms with van der Waals surface area (Å²) in [5, 5.41) is 22.5. The molecule has 3 amide bonds. The fourth-order valence-electron chi connectivity index (χ4n) is 4.94. The average Bonchev–Trinajstić information content (AvgIpc) is 3.45. The summed E-state index contributed by atoms with van der Waals surface area (Å²) < 4.78 is 0. The standard InChI is InChI=1S/C30H30ClN3O6/c1-19(28(38)39)33-34(29(40)30(14-5-6-15-30)22-9-3-2-4-10-22)27(37)24-13-12-21(17-25(24)31)26(36)32-18-20-8-7-11-23(35)16-20/h2-4,7-13,16-17,19,33,35H,5-6,14-15,18H2,1H3,(H,32,36)(H,38,39)/t19-/m0/s1. The van der Waals surface area contributed by atoms with E-state index in [1.54, 1.807) is 12.1 Å². The number of phenolic OH excluding ortho intramolecular Hbond substituents is 1. The summed E-state index contributed by atoms with van der Waals surface area (Å²) in [4.78, 5) is 52.2. The number of nitrogens with one attached hydrogen (secondary N) is 2. The van der Waals surface area contributed by atoms with Crippen molar-refractivity contribution in [1.29, 1.82) is 0 Å². The van der Waals surface area contributed by atoms with E-state index < -0.39 is 35.1 Å². The number of hydrazine groups is 1. The number of halogens is 1. The van der Waals surface area contributed by atoms with Crippen LogP contribution in [0.25, 0.3) is 0 Å². The van der Waals surface area contributed by atoms with Gasteiger partial charge in [-0.2, -0.15) is 0 Å². The molecule has 1 aliphatic carbocycles. The molecule has 0 spiro atoms. The Bertz CT molecular complexity index is 1420. The Balaban J connectivity index is 1.61. The molecule has 40 heavy (non-hydrogen) atoms. The zero-order valence-corrected chi connectivity index (χ0v) is 22.6. The maximum atomic E-state index is 14.1. The molecule has 1 atom stereocenters. The van der Waals surface area contributed by atoms with E-state index in [0.29, 0.717) is 18.4 Å². The zero-order valence-electron chi connectivity index (χ0n) is 21.9. The van der Waals surface area contributed by atoms with E-state index in [4.69, 9.17) is 11.6 Å². The van der Waals surface area contributed by atoms with Crippen molar-refractivity contribution in [2.45, 2.75) is 50.6 Å². The number of carbonyl (C=O) groups excluding carboxylic acids is 3. The molecule has 208 valence electrons. The Hall–Kier alpha value is -4.21. The third-order valence-electron chi connectivity index (χ3n) is 7.12. The Morgan fingerprint density at radius 2 is 1.68 bits per heavy atom. The monoisotopic (exact) mass is 563 g/mol. The molecule has 4 N–H and O–H groups in total. The highest BCUT2D eigenvalue weighted by Crippen LogP contribution is 2.42. The first-order chi connectivity index (χ1) is 19.1. The van der Waals surface area contributed by atoms with E-state index in [-0.39, 0.29) is 28.4 Å². The minimum atomic E-state index is -1.25. The summed E-state index contributed by atoms with van der Waals surface area (Å²) in [5.41, 5.74) is 3.14. The molecular weight excluding hydrogens is 534 g/mol. The van der Waals surface area contributed by atoms with Gasteiger partial charge in [0, 0.05) is 12.1 Å². The molecule has 0 bridgehead atoms. The van der Waals surface area contributed by atoms with Crippen LogP contribution in [-0.2, 0) is 21.5 Å². The smallest absolute Gasteiger partial charge is 0.322 e. The van der Waals surface area contributed by atoms with Crippen LogP contribution >= 0.6 is 11.6 Å². The quantitative estimate of drug-likeness (QED) is 0.223. The van der Waals surface area contributed by atoms with Crippen molar-refractivity contribution >= 4 is 35.3 Å². The van der Waals surface area contributed by atoms with E-state index in [0.717, 1.165) is 23.4 Å². The van der Waals surface area contributed by atoms with Gasteiger partial charge in [-0.25, -0.2) is 10.4 Å². The van der Waals surface area contributed by atoms with Crippen LogP contribution in [0.4, 0.5) is 0 Å². The molecule has 0 heterocycles. The predicted molar refractivity (Wildman–Crippen MR) is 149 cm³/mol. The highest BCUT2D eigenvalue weighted by atomic mass is 35.5. The second-order valence-corrected chi connectivity index (χ2v) is 10.2. The summed E-state index contributed by atoms with van der Waals surface area (Å²) in [6.45, 7) is 1.49. The number of carboxylic acids is 1. The van der Waals surface area contributed by atoms with Crippen LogP contribution in [0.15, 0.2) is 72.8 Å². The molecule has 0 unspecified atom stereocenters. The fraction of sp³-hybridized carbons (Fsp3) is 0.267. The Morgan fingerprint density at radius 3 is 2.30 bits per heavy atom. The lowest BCUT2D eigenvalue weighted by Gasteiger charge is -2.35. The maximum absolute atomic E-state index is 14.1. The zero-order chi connectivity index (χ0) is 28.9. The van der Waals surface area contributed by atoms with E-state index in [1.807, 2.05) is 30.3 Å². The number of nitrogens with zero attached hydrogens (tertiary/aromatic N) is 1. The number of hydrogen-bond donors (Lipinski definition) is 4. The molecule has 9 nitrogen and oxygen atoms in total. The van der Waals surface area contributed by atoms with Gasteiger partial charge in [0.05, 0.1) is 16.0 Å². The van der Waals surface area contributed by atoms with Crippen LogP contribution in [0.3, 0.4) is 0 Å². The van der Waals surface area contributed by atoms with Crippen molar-refractivity contribution < 1.29 is 29.4 Å². The highest BCUT2D eigenvalue weighted by molar-refractivity contribution is 6.34. The summed E-state index contributed by atoms with van der Waals surface area (Å²) in [7, 11) is 0. The van der Waals surface area contributed by atoms with Gasteiger partial charge >= 0.3 is 5.97 Å². The topological polar surface area (TPSA) is 136 Å².